The molecule has 0 amide bonds. The first-order valence-corrected chi connectivity index (χ1v) is 7.97. The van der Waals surface area contributed by atoms with Gasteiger partial charge in [0.2, 0.25) is 0 Å². The topological polar surface area (TPSA) is 19.4 Å². The lowest BCUT2D eigenvalue weighted by Gasteiger charge is -2.22. The summed E-state index contributed by atoms with van der Waals surface area (Å²) in [5.74, 6) is 0.781. The van der Waals surface area contributed by atoms with E-state index in [4.69, 9.17) is 0 Å². The zero-order valence-corrected chi connectivity index (χ0v) is 13.3. The molecule has 0 aliphatic carbocycles. The molecule has 2 aromatic rings. The Morgan fingerprint density at radius 2 is 2.19 bits per heavy atom. The first-order valence-electron chi connectivity index (χ1n) is 7.97. The highest BCUT2D eigenvalue weighted by Gasteiger charge is 2.24. The Bertz CT molecular complexity index is 623. The molecule has 1 unspecified atom stereocenters. The number of aryl methyl sites for hydroxylation is 1. The number of rotatable bonds is 4. The van der Waals surface area contributed by atoms with Crippen molar-refractivity contribution >= 4 is 16.6 Å². The van der Waals surface area contributed by atoms with E-state index in [1.807, 2.05) is 6.20 Å². The van der Waals surface area contributed by atoms with E-state index in [1.165, 1.54) is 29.6 Å². The molecule has 0 spiro atoms. The molecular weight excluding hydrogens is 258 g/mol. The third kappa shape index (κ3) is 2.88. The molecule has 21 heavy (non-hydrogen) atoms. The van der Waals surface area contributed by atoms with Crippen molar-refractivity contribution in [2.24, 2.45) is 5.92 Å². The van der Waals surface area contributed by atoms with Gasteiger partial charge in [-0.1, -0.05) is 25.1 Å². The van der Waals surface area contributed by atoms with Crippen molar-refractivity contribution in [1.29, 1.82) is 0 Å². The molecule has 0 bridgehead atoms. The molecular formula is C18H25N3. The van der Waals surface area contributed by atoms with Gasteiger partial charge in [0.05, 0.1) is 5.52 Å². The van der Waals surface area contributed by atoms with Gasteiger partial charge < -0.3 is 9.80 Å². The summed E-state index contributed by atoms with van der Waals surface area (Å²) in [7, 11) is 2.22. The number of hydrogen-bond donors (Lipinski definition) is 0. The first-order chi connectivity index (χ1) is 10.2. The maximum Gasteiger partial charge on any atom is 0.0751 e. The molecule has 1 atom stereocenters. The standard InChI is InChI=1S/C18H25N3/c1-4-20(3)12-15-9-11-21(13-15)17-8-10-19-18-14(2)6-5-7-16(17)18/h5-8,10,15H,4,9,11-13H2,1-3H3. The second-order valence-corrected chi connectivity index (χ2v) is 6.26. The SMILES string of the molecule is CCN(C)CC1CCN(c2ccnc3c(C)cccc23)C1. The van der Waals surface area contributed by atoms with E-state index in [-0.39, 0.29) is 0 Å². The Morgan fingerprint density at radius 3 is 3.00 bits per heavy atom. The molecule has 0 saturated carbocycles. The summed E-state index contributed by atoms with van der Waals surface area (Å²) in [4.78, 5) is 9.52. The molecule has 0 N–H and O–H groups in total. The Hall–Kier alpha value is -1.61. The Morgan fingerprint density at radius 1 is 1.33 bits per heavy atom. The summed E-state index contributed by atoms with van der Waals surface area (Å²) in [6.07, 6.45) is 3.25. The van der Waals surface area contributed by atoms with Gasteiger partial charge in [0.1, 0.15) is 0 Å². The van der Waals surface area contributed by atoms with Gasteiger partial charge in [0, 0.05) is 36.9 Å². The Labute approximate surface area is 127 Å². The summed E-state index contributed by atoms with van der Waals surface area (Å²) >= 11 is 0. The van der Waals surface area contributed by atoms with Crippen LogP contribution in [0.5, 0.6) is 0 Å². The van der Waals surface area contributed by atoms with Crippen LogP contribution in [0.4, 0.5) is 5.69 Å². The second-order valence-electron chi connectivity index (χ2n) is 6.26. The number of pyridine rings is 1. The fourth-order valence-electron chi connectivity index (χ4n) is 3.36. The molecule has 1 aliphatic rings. The van der Waals surface area contributed by atoms with E-state index in [2.05, 4.69) is 59.9 Å². The van der Waals surface area contributed by atoms with Gasteiger partial charge in [0.15, 0.2) is 0 Å². The lowest BCUT2D eigenvalue weighted by Crippen LogP contribution is -2.28. The molecule has 3 rings (SSSR count). The van der Waals surface area contributed by atoms with E-state index in [9.17, 15) is 0 Å². The average molecular weight is 283 g/mol. The van der Waals surface area contributed by atoms with E-state index < -0.39 is 0 Å². The largest absolute Gasteiger partial charge is 0.371 e. The molecule has 1 fully saturated rings. The minimum absolute atomic E-state index is 0.781. The number of para-hydroxylation sites is 1. The quantitative estimate of drug-likeness (QED) is 0.858. The number of aromatic nitrogens is 1. The summed E-state index contributed by atoms with van der Waals surface area (Å²) in [5, 5.41) is 1.29. The highest BCUT2D eigenvalue weighted by molar-refractivity contribution is 5.93. The fourth-order valence-corrected chi connectivity index (χ4v) is 3.36. The second kappa shape index (κ2) is 6.02. The van der Waals surface area contributed by atoms with Crippen LogP contribution in [0.25, 0.3) is 10.9 Å². The van der Waals surface area contributed by atoms with Crippen LogP contribution >= 0.6 is 0 Å². The van der Waals surface area contributed by atoms with Crippen LogP contribution in [0.1, 0.15) is 18.9 Å². The summed E-state index contributed by atoms with van der Waals surface area (Å²) in [6.45, 7) is 9.03. The minimum Gasteiger partial charge on any atom is -0.371 e. The normalized spacial score (nSPS) is 18.9. The van der Waals surface area contributed by atoms with Crippen molar-refractivity contribution in [2.75, 3.05) is 38.1 Å². The predicted molar refractivity (Wildman–Crippen MR) is 90.0 cm³/mol. The molecule has 1 saturated heterocycles. The fraction of sp³-hybridized carbons (Fsp3) is 0.500. The number of anilines is 1. The average Bonchev–Trinajstić information content (AvgIpc) is 2.95. The van der Waals surface area contributed by atoms with Gasteiger partial charge in [-0.3, -0.25) is 4.98 Å². The lowest BCUT2D eigenvalue weighted by molar-refractivity contribution is 0.300. The zero-order chi connectivity index (χ0) is 14.8. The van der Waals surface area contributed by atoms with Crippen LogP contribution < -0.4 is 4.90 Å². The van der Waals surface area contributed by atoms with Gasteiger partial charge >= 0.3 is 0 Å². The van der Waals surface area contributed by atoms with Gasteiger partial charge in [-0.05, 0) is 44.5 Å². The van der Waals surface area contributed by atoms with Crippen molar-refractivity contribution in [3.63, 3.8) is 0 Å². The van der Waals surface area contributed by atoms with Crippen LogP contribution in [0, 0.1) is 12.8 Å². The molecule has 1 aromatic carbocycles. The minimum atomic E-state index is 0.781. The van der Waals surface area contributed by atoms with Gasteiger partial charge in [-0.15, -0.1) is 0 Å². The lowest BCUT2D eigenvalue weighted by atomic mass is 10.1. The van der Waals surface area contributed by atoms with Crippen LogP contribution in [0.3, 0.4) is 0 Å². The summed E-state index contributed by atoms with van der Waals surface area (Å²) < 4.78 is 0. The van der Waals surface area contributed by atoms with Crippen molar-refractivity contribution in [3.8, 4) is 0 Å². The van der Waals surface area contributed by atoms with E-state index in [1.54, 1.807) is 0 Å². The predicted octanol–water partition coefficient (Wildman–Crippen LogP) is 3.32. The maximum atomic E-state index is 4.56. The first kappa shape index (κ1) is 14.3. The zero-order valence-electron chi connectivity index (χ0n) is 13.3. The smallest absolute Gasteiger partial charge is 0.0751 e. The highest BCUT2D eigenvalue weighted by atomic mass is 15.2. The Balaban J connectivity index is 1.84. The molecule has 1 aliphatic heterocycles. The molecule has 0 radical (unpaired) electrons. The van der Waals surface area contributed by atoms with E-state index >= 15 is 0 Å². The highest BCUT2D eigenvalue weighted by Crippen LogP contribution is 2.31. The number of nitrogens with zero attached hydrogens (tertiary/aromatic N) is 3. The van der Waals surface area contributed by atoms with Gasteiger partial charge in [-0.25, -0.2) is 0 Å². The number of benzene rings is 1. The number of fused-ring (bicyclic) bond motifs is 1. The van der Waals surface area contributed by atoms with Crippen molar-refractivity contribution in [2.45, 2.75) is 20.3 Å². The third-order valence-electron chi connectivity index (χ3n) is 4.69. The van der Waals surface area contributed by atoms with Crippen LogP contribution in [0.2, 0.25) is 0 Å². The third-order valence-corrected chi connectivity index (χ3v) is 4.69. The molecule has 3 heteroatoms. The van der Waals surface area contributed by atoms with Crippen LogP contribution in [0.15, 0.2) is 30.5 Å². The monoisotopic (exact) mass is 283 g/mol. The van der Waals surface area contributed by atoms with E-state index in [0.717, 1.165) is 31.1 Å². The summed E-state index contributed by atoms with van der Waals surface area (Å²) in [6, 6.07) is 8.66. The van der Waals surface area contributed by atoms with Crippen molar-refractivity contribution < 1.29 is 0 Å². The molecule has 3 nitrogen and oxygen atoms in total. The summed E-state index contributed by atoms with van der Waals surface area (Å²) in [5.41, 5.74) is 3.75. The molecule has 1 aromatic heterocycles. The van der Waals surface area contributed by atoms with Crippen LogP contribution in [-0.2, 0) is 0 Å². The van der Waals surface area contributed by atoms with Crippen LogP contribution in [-0.4, -0.2) is 43.1 Å². The van der Waals surface area contributed by atoms with E-state index in [0.29, 0.717) is 0 Å². The van der Waals surface area contributed by atoms with Gasteiger partial charge in [0.25, 0.3) is 0 Å². The van der Waals surface area contributed by atoms with Crippen molar-refractivity contribution in [3.05, 3.63) is 36.0 Å². The molecule has 112 valence electrons. The molecule has 2 heterocycles. The van der Waals surface area contributed by atoms with Crippen molar-refractivity contribution in [1.82, 2.24) is 9.88 Å². The number of hydrogen-bond acceptors (Lipinski definition) is 3. The Kier molecular flexibility index (Phi) is 4.11. The van der Waals surface area contributed by atoms with Gasteiger partial charge in [-0.2, -0.15) is 0 Å². The maximum absolute atomic E-state index is 4.56.